The van der Waals surface area contributed by atoms with Crippen molar-refractivity contribution in [2.45, 2.75) is 13.3 Å². The van der Waals surface area contributed by atoms with Gasteiger partial charge in [-0.2, -0.15) is 0 Å². The average Bonchev–Trinajstić information content (AvgIpc) is 2.87. The first-order chi connectivity index (χ1) is 10.3. The quantitative estimate of drug-likeness (QED) is 0.370. The molecule has 23 heavy (non-hydrogen) atoms. The summed E-state index contributed by atoms with van der Waals surface area (Å²) in [6.45, 7) is 1.86. The molecule has 2 aromatic carbocycles. The SMILES string of the molecule is Cc1nc2c(n1C)-c1cccc3cc(OC(F)(F)F)[c-]c-2c13.[Ir]. The number of aryl methyl sites for hydroxylation is 1. The second-order valence-corrected chi connectivity index (χ2v) is 5.24. The number of ether oxygens (including phenoxy) is 1. The molecule has 0 fully saturated rings. The van der Waals surface area contributed by atoms with E-state index in [0.29, 0.717) is 16.6 Å². The van der Waals surface area contributed by atoms with Crippen molar-refractivity contribution in [1.82, 2.24) is 9.55 Å². The molecule has 4 rings (SSSR count). The summed E-state index contributed by atoms with van der Waals surface area (Å²) in [6, 6.07) is 9.60. The van der Waals surface area contributed by atoms with Gasteiger partial charge in [0, 0.05) is 44.3 Å². The van der Waals surface area contributed by atoms with Crippen LogP contribution >= 0.6 is 0 Å². The number of rotatable bonds is 1. The van der Waals surface area contributed by atoms with E-state index >= 15 is 0 Å². The Morgan fingerprint density at radius 2 is 2.00 bits per heavy atom. The molecule has 121 valence electrons. The fourth-order valence-electron chi connectivity index (χ4n) is 2.98. The largest absolute Gasteiger partial charge is 0.571 e. The van der Waals surface area contributed by atoms with Gasteiger partial charge in [0.25, 0.3) is 0 Å². The van der Waals surface area contributed by atoms with Crippen LogP contribution in [0.5, 0.6) is 5.75 Å². The zero-order chi connectivity index (χ0) is 15.6. The third kappa shape index (κ3) is 2.35. The van der Waals surface area contributed by atoms with Gasteiger partial charge in [0.1, 0.15) is 0 Å². The van der Waals surface area contributed by atoms with Crippen LogP contribution in [0, 0.1) is 13.0 Å². The minimum absolute atomic E-state index is 0. The van der Waals surface area contributed by atoms with Crippen molar-refractivity contribution >= 4 is 10.8 Å². The van der Waals surface area contributed by atoms with Gasteiger partial charge in [-0.3, -0.25) is 4.98 Å². The maximum absolute atomic E-state index is 12.5. The zero-order valence-corrected chi connectivity index (χ0v) is 14.5. The summed E-state index contributed by atoms with van der Waals surface area (Å²) >= 11 is 0. The van der Waals surface area contributed by atoms with E-state index in [1.165, 1.54) is 6.07 Å². The standard InChI is InChI=1S/C16H10F3N2O.Ir/c1-8-20-14-12-7-10(22-16(17,18)19)6-9-4-3-5-11(13(9)12)15(14)21(8)2;/h3-6H,1-2H3;/q-1;. The molecule has 0 bridgehead atoms. The summed E-state index contributed by atoms with van der Waals surface area (Å²) in [4.78, 5) is 4.46. The Bertz CT molecular complexity index is 931. The van der Waals surface area contributed by atoms with E-state index in [4.69, 9.17) is 0 Å². The molecule has 7 heteroatoms. The molecule has 0 N–H and O–H groups in total. The second kappa shape index (κ2) is 5.08. The number of aromatic nitrogens is 2. The summed E-state index contributed by atoms with van der Waals surface area (Å²) in [5.41, 5.74) is 3.07. The maximum atomic E-state index is 12.5. The number of benzene rings is 2. The predicted molar refractivity (Wildman–Crippen MR) is 75.4 cm³/mol. The van der Waals surface area contributed by atoms with Crippen LogP contribution in [0.15, 0.2) is 24.3 Å². The number of alkyl halides is 3. The van der Waals surface area contributed by atoms with Gasteiger partial charge in [-0.05, 0) is 12.5 Å². The van der Waals surface area contributed by atoms with Gasteiger partial charge < -0.3 is 9.30 Å². The van der Waals surface area contributed by atoms with E-state index < -0.39 is 6.36 Å². The molecule has 1 aliphatic rings. The van der Waals surface area contributed by atoms with Crippen LogP contribution in [0.2, 0.25) is 0 Å². The molecule has 0 atom stereocenters. The van der Waals surface area contributed by atoms with Gasteiger partial charge in [0.2, 0.25) is 0 Å². The van der Waals surface area contributed by atoms with Gasteiger partial charge in [-0.15, -0.1) is 18.7 Å². The fourth-order valence-corrected chi connectivity index (χ4v) is 2.98. The van der Waals surface area contributed by atoms with Crippen molar-refractivity contribution in [2.24, 2.45) is 7.05 Å². The summed E-state index contributed by atoms with van der Waals surface area (Å²) in [7, 11) is 1.89. The smallest absolute Gasteiger partial charge is 0.426 e. The molecule has 1 aliphatic carbocycles. The number of imidazole rings is 1. The minimum Gasteiger partial charge on any atom is -0.426 e. The van der Waals surface area contributed by atoms with E-state index in [1.54, 1.807) is 6.07 Å². The molecule has 1 heterocycles. The van der Waals surface area contributed by atoms with Crippen LogP contribution in [0.3, 0.4) is 0 Å². The van der Waals surface area contributed by atoms with E-state index in [-0.39, 0.29) is 25.9 Å². The molecule has 1 aromatic heterocycles. The molecule has 3 nitrogen and oxygen atoms in total. The van der Waals surface area contributed by atoms with Gasteiger partial charge in [0.15, 0.2) is 0 Å². The van der Waals surface area contributed by atoms with Crippen LogP contribution in [0.25, 0.3) is 33.3 Å². The normalized spacial score (nSPS) is 12.2. The maximum Gasteiger partial charge on any atom is 0.571 e. The Labute approximate surface area is 143 Å². The summed E-state index contributed by atoms with van der Waals surface area (Å²) in [5.74, 6) is 0.450. The summed E-state index contributed by atoms with van der Waals surface area (Å²) in [5, 5.41) is 1.55. The Balaban J connectivity index is 0.00000156. The van der Waals surface area contributed by atoms with E-state index in [9.17, 15) is 13.2 Å². The number of fused-ring (bicyclic) bond motifs is 3. The van der Waals surface area contributed by atoms with Crippen LogP contribution < -0.4 is 4.74 Å². The number of halogens is 3. The average molecular weight is 495 g/mol. The molecule has 0 spiro atoms. The Kier molecular flexibility index (Phi) is 3.54. The van der Waals surface area contributed by atoms with Crippen LogP contribution in [0.4, 0.5) is 13.2 Å². The Hall–Kier alpha value is -1.85. The van der Waals surface area contributed by atoms with Gasteiger partial charge in [-0.1, -0.05) is 41.1 Å². The molecule has 0 saturated heterocycles. The molecular weight excluding hydrogens is 485 g/mol. The van der Waals surface area contributed by atoms with Gasteiger partial charge in [-0.25, -0.2) is 0 Å². The van der Waals surface area contributed by atoms with Gasteiger partial charge in [0.05, 0.1) is 5.82 Å². The number of hydrogen-bond acceptors (Lipinski definition) is 2. The van der Waals surface area contributed by atoms with Crippen LogP contribution in [0.1, 0.15) is 5.82 Å². The number of nitrogens with zero attached hydrogens (tertiary/aromatic N) is 2. The molecule has 0 saturated carbocycles. The van der Waals surface area contributed by atoms with E-state index in [1.807, 2.05) is 30.7 Å². The first-order valence-electron chi connectivity index (χ1n) is 6.64. The topological polar surface area (TPSA) is 27.1 Å². The molecule has 0 unspecified atom stereocenters. The van der Waals surface area contributed by atoms with Gasteiger partial charge >= 0.3 is 6.36 Å². The van der Waals surface area contributed by atoms with Crippen molar-refractivity contribution < 1.29 is 38.0 Å². The molecular formula is C16H10F3IrN2O-. The van der Waals surface area contributed by atoms with Crippen LogP contribution in [-0.4, -0.2) is 15.9 Å². The first-order valence-corrected chi connectivity index (χ1v) is 6.64. The molecule has 0 amide bonds. The van der Waals surface area contributed by atoms with Crippen molar-refractivity contribution in [2.75, 3.05) is 0 Å². The monoisotopic (exact) mass is 496 g/mol. The second-order valence-electron chi connectivity index (χ2n) is 5.24. The predicted octanol–water partition coefficient (Wildman–Crippen LogP) is 4.23. The van der Waals surface area contributed by atoms with Crippen molar-refractivity contribution in [3.8, 4) is 28.3 Å². The fraction of sp³-hybridized carbons (Fsp3) is 0.188. The third-order valence-corrected chi connectivity index (χ3v) is 3.92. The zero-order valence-electron chi connectivity index (χ0n) is 12.1. The number of hydrogen-bond donors (Lipinski definition) is 0. The minimum atomic E-state index is -4.74. The van der Waals surface area contributed by atoms with E-state index in [0.717, 1.165) is 22.5 Å². The summed E-state index contributed by atoms with van der Waals surface area (Å²) in [6.07, 6.45) is -4.74. The van der Waals surface area contributed by atoms with Crippen molar-refractivity contribution in [3.05, 3.63) is 36.2 Å². The van der Waals surface area contributed by atoms with Crippen molar-refractivity contribution in [1.29, 1.82) is 0 Å². The summed E-state index contributed by atoms with van der Waals surface area (Å²) < 4.78 is 43.4. The Morgan fingerprint density at radius 1 is 1.26 bits per heavy atom. The Morgan fingerprint density at radius 3 is 2.70 bits per heavy atom. The first kappa shape index (κ1) is 16.0. The van der Waals surface area contributed by atoms with E-state index in [2.05, 4.69) is 15.8 Å². The molecule has 1 radical (unpaired) electrons. The molecule has 3 aromatic rings. The molecule has 0 aliphatic heterocycles. The third-order valence-electron chi connectivity index (χ3n) is 3.92. The van der Waals surface area contributed by atoms with Crippen molar-refractivity contribution in [3.63, 3.8) is 0 Å². The van der Waals surface area contributed by atoms with Crippen LogP contribution in [-0.2, 0) is 27.2 Å².